The molecule has 3 unspecified atom stereocenters. The zero-order chi connectivity index (χ0) is 26.4. The molecule has 0 saturated heterocycles. The van der Waals surface area contributed by atoms with Gasteiger partial charge in [0.15, 0.2) is 21.4 Å². The van der Waals surface area contributed by atoms with Crippen molar-refractivity contribution in [2.24, 2.45) is 0 Å². The predicted octanol–water partition coefficient (Wildman–Crippen LogP) is 5.37. The fourth-order valence-corrected chi connectivity index (χ4v) is 6.40. The van der Waals surface area contributed by atoms with Gasteiger partial charge < -0.3 is 14.8 Å². The number of ether oxygens (including phenoxy) is 2. The Morgan fingerprint density at radius 1 is 1.08 bits per heavy atom. The second-order valence-corrected chi connectivity index (χ2v) is 11.2. The summed E-state index contributed by atoms with van der Waals surface area (Å²) in [5.41, 5.74) is 0.617. The summed E-state index contributed by atoms with van der Waals surface area (Å²) in [6.45, 7) is 0.450. The molecule has 1 aliphatic heterocycles. The molecule has 6 nitrogen and oxygen atoms in total. The number of rotatable bonds is 10. The van der Waals surface area contributed by atoms with Crippen molar-refractivity contribution in [3.8, 4) is 11.8 Å². The molecule has 37 heavy (non-hydrogen) atoms. The highest BCUT2D eigenvalue weighted by atomic mass is 35.5. The van der Waals surface area contributed by atoms with Gasteiger partial charge >= 0.3 is 0 Å². The number of fused-ring (bicyclic) bond motifs is 1. The van der Waals surface area contributed by atoms with Crippen LogP contribution >= 0.6 is 11.6 Å². The summed E-state index contributed by atoms with van der Waals surface area (Å²) >= 11 is 5.93. The van der Waals surface area contributed by atoms with Gasteiger partial charge in [-0.1, -0.05) is 41.9 Å². The van der Waals surface area contributed by atoms with E-state index in [1.807, 2.05) is 30.3 Å². The first-order valence-electron chi connectivity index (χ1n) is 11.7. The molecule has 4 rings (SSSR count). The normalized spacial score (nSPS) is 17.9. The van der Waals surface area contributed by atoms with Crippen molar-refractivity contribution in [1.29, 1.82) is 5.26 Å². The lowest BCUT2D eigenvalue weighted by Crippen LogP contribution is -2.50. The topological polar surface area (TPSA) is 88.4 Å². The average molecular weight is 547 g/mol. The summed E-state index contributed by atoms with van der Waals surface area (Å²) in [6.07, 6.45) is 0.445. The molecule has 0 fully saturated rings. The molecular formula is C27H25ClF2N2O4S. The average Bonchev–Trinajstić information content (AvgIpc) is 2.89. The van der Waals surface area contributed by atoms with Crippen molar-refractivity contribution in [3.05, 3.63) is 94.5 Å². The SMILES string of the molecule is N#CCC(CCOCc1ccccc1)NC1COc2c(F)ccc(F)c2C1S(=O)(=O)c1ccc(Cl)cc1. The lowest BCUT2D eigenvalue weighted by Gasteiger charge is -2.36. The van der Waals surface area contributed by atoms with Crippen LogP contribution in [0.1, 0.15) is 29.2 Å². The molecule has 1 heterocycles. The molecule has 3 atom stereocenters. The summed E-state index contributed by atoms with van der Waals surface area (Å²) in [4.78, 5) is -0.0896. The Kier molecular flexibility index (Phi) is 8.77. The molecule has 1 N–H and O–H groups in total. The number of hydrogen-bond acceptors (Lipinski definition) is 6. The molecule has 194 valence electrons. The van der Waals surface area contributed by atoms with Crippen molar-refractivity contribution in [1.82, 2.24) is 5.32 Å². The van der Waals surface area contributed by atoms with E-state index in [1.54, 1.807) is 0 Å². The van der Waals surface area contributed by atoms with Crippen LogP contribution in [0, 0.1) is 23.0 Å². The van der Waals surface area contributed by atoms with Crippen LogP contribution in [0.25, 0.3) is 0 Å². The van der Waals surface area contributed by atoms with Gasteiger partial charge in [-0.25, -0.2) is 17.2 Å². The highest BCUT2D eigenvalue weighted by Crippen LogP contribution is 2.43. The third kappa shape index (κ3) is 6.28. The van der Waals surface area contributed by atoms with E-state index in [0.29, 0.717) is 24.7 Å². The third-order valence-electron chi connectivity index (χ3n) is 6.14. The quantitative estimate of drug-likeness (QED) is 0.344. The molecule has 3 aromatic carbocycles. The first kappa shape index (κ1) is 27.0. The Hall–Kier alpha value is -3.03. The number of hydrogen-bond donors (Lipinski definition) is 1. The van der Waals surface area contributed by atoms with E-state index in [1.165, 1.54) is 24.3 Å². The Labute approximate surface area is 219 Å². The molecule has 0 spiro atoms. The number of benzene rings is 3. The molecule has 0 bridgehead atoms. The summed E-state index contributed by atoms with van der Waals surface area (Å²) in [5.74, 6) is -2.17. The Morgan fingerprint density at radius 3 is 2.49 bits per heavy atom. The van der Waals surface area contributed by atoms with Gasteiger partial charge in [0.2, 0.25) is 0 Å². The summed E-state index contributed by atoms with van der Waals surface area (Å²) in [5, 5.41) is 11.4. The lowest BCUT2D eigenvalue weighted by atomic mass is 9.99. The number of nitrogens with zero attached hydrogens (tertiary/aromatic N) is 1. The second kappa shape index (κ2) is 12.0. The highest BCUT2D eigenvalue weighted by Gasteiger charge is 2.44. The number of nitrogens with one attached hydrogen (secondary N) is 1. The zero-order valence-electron chi connectivity index (χ0n) is 19.7. The molecular weight excluding hydrogens is 522 g/mol. The largest absolute Gasteiger partial charge is 0.488 e. The van der Waals surface area contributed by atoms with E-state index in [9.17, 15) is 18.1 Å². The predicted molar refractivity (Wildman–Crippen MR) is 135 cm³/mol. The van der Waals surface area contributed by atoms with E-state index < -0.39 is 44.6 Å². The van der Waals surface area contributed by atoms with Crippen molar-refractivity contribution in [3.63, 3.8) is 0 Å². The van der Waals surface area contributed by atoms with Crippen LogP contribution in [-0.4, -0.2) is 33.7 Å². The van der Waals surface area contributed by atoms with Gasteiger partial charge in [-0.3, -0.25) is 0 Å². The second-order valence-electron chi connectivity index (χ2n) is 8.66. The van der Waals surface area contributed by atoms with Gasteiger partial charge in [0.05, 0.1) is 35.6 Å². The first-order valence-corrected chi connectivity index (χ1v) is 13.6. The van der Waals surface area contributed by atoms with Crippen LogP contribution in [-0.2, 0) is 21.2 Å². The van der Waals surface area contributed by atoms with Crippen LogP contribution in [0.15, 0.2) is 71.6 Å². The molecule has 0 amide bonds. The number of sulfone groups is 1. The fourth-order valence-electron chi connectivity index (χ4n) is 4.35. The molecule has 0 aliphatic carbocycles. The minimum atomic E-state index is -4.22. The fraction of sp³-hybridized carbons (Fsp3) is 0.296. The van der Waals surface area contributed by atoms with E-state index in [-0.39, 0.29) is 23.5 Å². The molecule has 10 heteroatoms. The van der Waals surface area contributed by atoms with Crippen LogP contribution in [0.3, 0.4) is 0 Å². The van der Waals surface area contributed by atoms with Crippen LogP contribution in [0.2, 0.25) is 5.02 Å². The summed E-state index contributed by atoms with van der Waals surface area (Å²) in [6, 6.07) is 17.5. The number of nitriles is 1. The first-order chi connectivity index (χ1) is 17.8. The van der Waals surface area contributed by atoms with E-state index >= 15 is 4.39 Å². The zero-order valence-corrected chi connectivity index (χ0v) is 21.3. The van der Waals surface area contributed by atoms with E-state index in [2.05, 4.69) is 11.4 Å². The minimum Gasteiger partial charge on any atom is -0.488 e. The smallest absolute Gasteiger partial charge is 0.187 e. The maximum atomic E-state index is 15.0. The Bertz CT molecular complexity index is 1370. The van der Waals surface area contributed by atoms with Crippen molar-refractivity contribution in [2.45, 2.75) is 41.7 Å². The van der Waals surface area contributed by atoms with Crippen LogP contribution < -0.4 is 10.1 Å². The Balaban J connectivity index is 1.59. The molecule has 0 aromatic heterocycles. The van der Waals surface area contributed by atoms with Gasteiger partial charge in [0.1, 0.15) is 17.7 Å². The number of halogens is 3. The van der Waals surface area contributed by atoms with Gasteiger partial charge in [-0.05, 0) is 48.4 Å². The van der Waals surface area contributed by atoms with Gasteiger partial charge in [0.25, 0.3) is 0 Å². The van der Waals surface area contributed by atoms with Crippen LogP contribution in [0.4, 0.5) is 8.78 Å². The monoisotopic (exact) mass is 546 g/mol. The molecule has 3 aromatic rings. The van der Waals surface area contributed by atoms with E-state index in [4.69, 9.17) is 21.1 Å². The van der Waals surface area contributed by atoms with Crippen molar-refractivity contribution in [2.75, 3.05) is 13.2 Å². The van der Waals surface area contributed by atoms with Crippen molar-refractivity contribution < 1.29 is 26.7 Å². The maximum Gasteiger partial charge on any atom is 0.187 e. The van der Waals surface area contributed by atoms with Gasteiger partial charge in [0, 0.05) is 17.7 Å². The van der Waals surface area contributed by atoms with E-state index in [0.717, 1.165) is 17.7 Å². The Morgan fingerprint density at radius 2 is 1.78 bits per heavy atom. The maximum absolute atomic E-state index is 15.0. The van der Waals surface area contributed by atoms with Gasteiger partial charge in [-0.15, -0.1) is 0 Å². The minimum absolute atomic E-state index is 0.0530. The summed E-state index contributed by atoms with van der Waals surface area (Å²) in [7, 11) is -4.22. The van der Waals surface area contributed by atoms with Gasteiger partial charge in [-0.2, -0.15) is 5.26 Å². The molecule has 0 radical (unpaired) electrons. The lowest BCUT2D eigenvalue weighted by molar-refractivity contribution is 0.107. The highest BCUT2D eigenvalue weighted by molar-refractivity contribution is 7.91. The summed E-state index contributed by atoms with van der Waals surface area (Å²) < 4.78 is 68.4. The van der Waals surface area contributed by atoms with Crippen LogP contribution in [0.5, 0.6) is 5.75 Å². The molecule has 0 saturated carbocycles. The standard InChI is InChI=1S/C27H25ClF2N2O4S/c28-19-6-8-21(9-7-19)37(33,34)27-24(17-36-26-23(30)11-10-22(29)25(26)27)32-20(12-14-31)13-15-35-16-18-4-2-1-3-5-18/h1-11,20,24,27,32H,12-13,15-17H2. The molecule has 1 aliphatic rings. The third-order valence-corrected chi connectivity index (χ3v) is 8.55. The van der Waals surface area contributed by atoms with Crippen molar-refractivity contribution >= 4 is 21.4 Å².